The van der Waals surface area contributed by atoms with Gasteiger partial charge < -0.3 is 14.2 Å². The van der Waals surface area contributed by atoms with Crippen LogP contribution in [0.1, 0.15) is 23.6 Å². The number of rotatable bonds is 2. The van der Waals surface area contributed by atoms with Crippen LogP contribution in [0, 0.1) is 0 Å². The van der Waals surface area contributed by atoms with E-state index in [1.807, 2.05) is 12.1 Å². The third kappa shape index (κ3) is 1.41. The zero-order valence-electron chi connectivity index (χ0n) is 13.6. The molecular formula is C19H19NO3. The van der Waals surface area contributed by atoms with Gasteiger partial charge in [-0.15, -0.1) is 0 Å². The van der Waals surface area contributed by atoms with Gasteiger partial charge in [-0.05, 0) is 36.7 Å². The Balaban J connectivity index is 1.88. The first-order valence-corrected chi connectivity index (χ1v) is 7.98. The Kier molecular flexibility index (Phi) is 2.42. The Labute approximate surface area is 135 Å². The van der Waals surface area contributed by atoms with Crippen LogP contribution in [0.5, 0.6) is 11.5 Å². The molecule has 0 radical (unpaired) electrons. The minimum atomic E-state index is -0.178. The van der Waals surface area contributed by atoms with Gasteiger partial charge in [0.15, 0.2) is 11.5 Å². The summed E-state index contributed by atoms with van der Waals surface area (Å²) in [6, 6.07) is 4.49. The average Bonchev–Trinajstić information content (AvgIpc) is 2.77. The first kappa shape index (κ1) is 13.3. The lowest BCUT2D eigenvalue weighted by Crippen LogP contribution is -2.33. The molecule has 3 aliphatic heterocycles. The van der Waals surface area contributed by atoms with Gasteiger partial charge in [0, 0.05) is 18.2 Å². The number of ether oxygens (including phenoxy) is 3. The van der Waals surface area contributed by atoms with Gasteiger partial charge in [-0.2, -0.15) is 0 Å². The smallest absolute Gasteiger partial charge is 0.173 e. The van der Waals surface area contributed by atoms with Crippen LogP contribution < -0.4 is 9.47 Å². The highest BCUT2D eigenvalue weighted by molar-refractivity contribution is 5.72. The van der Waals surface area contributed by atoms with Gasteiger partial charge in [0.05, 0.1) is 25.7 Å². The zero-order valence-corrected chi connectivity index (χ0v) is 13.6. The fraction of sp³-hybridized carbons (Fsp3) is 0.368. The van der Waals surface area contributed by atoms with Crippen molar-refractivity contribution in [3.05, 3.63) is 58.6 Å². The van der Waals surface area contributed by atoms with E-state index in [1.54, 1.807) is 14.2 Å². The van der Waals surface area contributed by atoms with Crippen LogP contribution in [-0.2, 0) is 10.2 Å². The lowest BCUT2D eigenvalue weighted by atomic mass is 9.65. The lowest BCUT2D eigenvalue weighted by Gasteiger charge is -2.36. The van der Waals surface area contributed by atoms with Crippen molar-refractivity contribution in [2.45, 2.75) is 17.9 Å². The molecule has 4 nitrogen and oxygen atoms in total. The van der Waals surface area contributed by atoms with E-state index in [9.17, 15) is 0 Å². The average molecular weight is 309 g/mol. The van der Waals surface area contributed by atoms with Crippen molar-refractivity contribution < 1.29 is 14.2 Å². The Morgan fingerprint density at radius 3 is 2.87 bits per heavy atom. The molecule has 2 atom stereocenters. The SMILES string of the molecule is COC1=CC2=CC3c4ccc(OC)c5c4C2(CCN3C)C(=C1)O5. The number of fused-ring (bicyclic) bond motifs is 2. The summed E-state index contributed by atoms with van der Waals surface area (Å²) in [6.07, 6.45) is 7.58. The normalized spacial score (nSPS) is 29.9. The van der Waals surface area contributed by atoms with Crippen molar-refractivity contribution in [1.29, 1.82) is 0 Å². The van der Waals surface area contributed by atoms with Crippen LogP contribution in [0.15, 0.2) is 47.5 Å². The third-order valence-corrected chi connectivity index (χ3v) is 5.70. The molecule has 0 fully saturated rings. The molecule has 3 heterocycles. The third-order valence-electron chi connectivity index (χ3n) is 5.70. The Morgan fingerprint density at radius 1 is 1.22 bits per heavy atom. The molecule has 0 amide bonds. The van der Waals surface area contributed by atoms with Gasteiger partial charge in [-0.1, -0.05) is 12.1 Å². The number of hydrogen-bond acceptors (Lipinski definition) is 4. The Morgan fingerprint density at radius 2 is 2.09 bits per heavy atom. The molecule has 5 aliphatic rings. The predicted octanol–water partition coefficient (Wildman–Crippen LogP) is 3.07. The molecular weight excluding hydrogens is 290 g/mol. The van der Waals surface area contributed by atoms with Crippen LogP contribution in [0.4, 0.5) is 0 Å². The van der Waals surface area contributed by atoms with Crippen LogP contribution >= 0.6 is 0 Å². The molecule has 0 aromatic heterocycles. The first-order valence-electron chi connectivity index (χ1n) is 7.98. The summed E-state index contributed by atoms with van der Waals surface area (Å²) < 4.78 is 17.4. The number of allylic oxidation sites excluding steroid dienone is 3. The highest BCUT2D eigenvalue weighted by Gasteiger charge is 2.56. The van der Waals surface area contributed by atoms with E-state index >= 15 is 0 Å². The number of nitrogens with zero attached hydrogens (tertiary/aromatic N) is 1. The predicted molar refractivity (Wildman–Crippen MR) is 86.5 cm³/mol. The number of benzene rings is 1. The topological polar surface area (TPSA) is 30.9 Å². The fourth-order valence-corrected chi connectivity index (χ4v) is 4.54. The minimum absolute atomic E-state index is 0.178. The number of likely N-dealkylation sites (N-methyl/N-ethyl adjacent to an activating group) is 1. The number of hydrogen-bond donors (Lipinski definition) is 0. The monoisotopic (exact) mass is 309 g/mol. The van der Waals surface area contributed by atoms with Crippen LogP contribution in [0.2, 0.25) is 0 Å². The molecule has 1 spiro atoms. The van der Waals surface area contributed by atoms with Crippen molar-refractivity contribution >= 4 is 0 Å². The van der Waals surface area contributed by atoms with Crippen molar-refractivity contribution in [2.75, 3.05) is 27.8 Å². The molecule has 118 valence electrons. The zero-order chi connectivity index (χ0) is 15.8. The maximum atomic E-state index is 6.32. The molecule has 0 N–H and O–H groups in total. The number of methoxy groups -OCH3 is 2. The molecule has 6 rings (SSSR count). The summed E-state index contributed by atoms with van der Waals surface area (Å²) >= 11 is 0. The summed E-state index contributed by atoms with van der Waals surface area (Å²) in [7, 11) is 5.60. The molecule has 0 saturated carbocycles. The molecule has 4 heteroatoms. The second-order valence-corrected chi connectivity index (χ2v) is 6.63. The van der Waals surface area contributed by atoms with Crippen molar-refractivity contribution in [1.82, 2.24) is 4.90 Å². The first-order chi connectivity index (χ1) is 11.2. The lowest BCUT2D eigenvalue weighted by molar-refractivity contribution is 0.274. The van der Waals surface area contributed by atoms with Crippen molar-refractivity contribution in [3.8, 4) is 11.5 Å². The minimum Gasteiger partial charge on any atom is -0.497 e. The molecule has 2 aliphatic carbocycles. The highest BCUT2D eigenvalue weighted by Crippen LogP contribution is 2.63. The highest BCUT2D eigenvalue weighted by atomic mass is 16.5. The van der Waals surface area contributed by atoms with E-state index in [-0.39, 0.29) is 11.5 Å². The molecule has 0 saturated heterocycles. The quantitative estimate of drug-likeness (QED) is 0.840. The Hall–Kier alpha value is -2.20. The van der Waals surface area contributed by atoms with Crippen LogP contribution in [0.3, 0.4) is 0 Å². The van der Waals surface area contributed by atoms with Crippen LogP contribution in [-0.4, -0.2) is 32.7 Å². The van der Waals surface area contributed by atoms with Gasteiger partial charge in [0.2, 0.25) is 0 Å². The maximum absolute atomic E-state index is 6.32. The molecule has 1 aromatic carbocycles. The van der Waals surface area contributed by atoms with Gasteiger partial charge in [0.25, 0.3) is 0 Å². The Bertz CT molecular complexity index is 820. The van der Waals surface area contributed by atoms with Crippen molar-refractivity contribution in [3.63, 3.8) is 0 Å². The van der Waals surface area contributed by atoms with Gasteiger partial charge in [-0.3, -0.25) is 4.90 Å². The van der Waals surface area contributed by atoms with E-state index < -0.39 is 0 Å². The van der Waals surface area contributed by atoms with E-state index in [0.29, 0.717) is 0 Å². The summed E-state index contributed by atoms with van der Waals surface area (Å²) in [4.78, 5) is 2.42. The standard InChI is InChI=1S/C19H19NO3/c1-20-7-6-19-11-8-12(21-2)10-16(19)23-18-15(22-3)5-4-13(17(18)19)14(20)9-11/h4-5,8-10,14H,6-7H2,1-3H3. The van der Waals surface area contributed by atoms with Crippen LogP contribution in [0.25, 0.3) is 0 Å². The molecule has 2 unspecified atom stereocenters. The second kappa shape index (κ2) is 4.20. The van der Waals surface area contributed by atoms with E-state index in [1.165, 1.54) is 16.7 Å². The van der Waals surface area contributed by atoms with E-state index in [4.69, 9.17) is 14.2 Å². The van der Waals surface area contributed by atoms with Gasteiger partial charge in [0.1, 0.15) is 11.5 Å². The summed E-state index contributed by atoms with van der Waals surface area (Å²) in [5.41, 5.74) is 3.74. The van der Waals surface area contributed by atoms with Gasteiger partial charge >= 0.3 is 0 Å². The van der Waals surface area contributed by atoms with E-state index in [2.05, 4.69) is 30.2 Å². The van der Waals surface area contributed by atoms with E-state index in [0.717, 1.165) is 36.0 Å². The summed E-state index contributed by atoms with van der Waals surface area (Å²) in [5, 5.41) is 0. The second-order valence-electron chi connectivity index (χ2n) is 6.63. The molecule has 1 aromatic rings. The largest absolute Gasteiger partial charge is 0.497 e. The van der Waals surface area contributed by atoms with Crippen molar-refractivity contribution in [2.24, 2.45) is 0 Å². The molecule has 23 heavy (non-hydrogen) atoms. The maximum Gasteiger partial charge on any atom is 0.173 e. The fourth-order valence-electron chi connectivity index (χ4n) is 4.54. The summed E-state index contributed by atoms with van der Waals surface area (Å²) in [6.45, 7) is 1.03. The molecule has 2 bridgehead atoms. The summed E-state index contributed by atoms with van der Waals surface area (Å²) in [5.74, 6) is 3.51. The van der Waals surface area contributed by atoms with Gasteiger partial charge in [-0.25, -0.2) is 0 Å².